The second-order valence-electron chi connectivity index (χ2n) is 11.1. The van der Waals surface area contributed by atoms with Crippen molar-refractivity contribution in [1.29, 1.82) is 0 Å². The van der Waals surface area contributed by atoms with Crippen LogP contribution in [0.25, 0.3) is 0 Å². The third kappa shape index (κ3) is 13.1. The molecule has 3 N–H and O–H groups in total. The molecule has 2 heterocycles. The minimum atomic E-state index is -1.19. The number of amides is 3. The summed E-state index contributed by atoms with van der Waals surface area (Å²) in [6.45, 7) is 3.54. The topological polar surface area (TPSA) is 144 Å². The van der Waals surface area contributed by atoms with Crippen molar-refractivity contribution in [1.82, 2.24) is 20.9 Å². The number of allylic oxidation sites excluding steroid dienone is 2. The van der Waals surface area contributed by atoms with Crippen LogP contribution in [0, 0.1) is 5.82 Å². The molecule has 2 atom stereocenters. The molecule has 47 heavy (non-hydrogen) atoms. The maximum absolute atomic E-state index is 14.6. The highest BCUT2D eigenvalue weighted by Crippen LogP contribution is 2.15. The summed E-state index contributed by atoms with van der Waals surface area (Å²) in [5.74, 6) is -3.39. The summed E-state index contributed by atoms with van der Waals surface area (Å²) in [5, 5.41) is 7.78. The molecule has 2 bridgehead atoms. The van der Waals surface area contributed by atoms with Gasteiger partial charge in [0, 0.05) is 18.6 Å². The van der Waals surface area contributed by atoms with Gasteiger partial charge in [-0.3, -0.25) is 19.2 Å². The molecule has 0 radical (unpaired) electrons. The molecule has 1 aliphatic heterocycles. The average molecular weight is 667 g/mol. The summed E-state index contributed by atoms with van der Waals surface area (Å²) < 4.78 is 20.3. The number of cyclic esters (lactones) is 1. The van der Waals surface area contributed by atoms with E-state index < -0.39 is 47.3 Å². The minimum absolute atomic E-state index is 0.0639. The number of nitrogens with zero attached hydrogens (tertiary/aromatic N) is 1. The lowest BCUT2D eigenvalue weighted by Gasteiger charge is -2.22. The van der Waals surface area contributed by atoms with E-state index in [4.69, 9.17) is 4.74 Å². The highest BCUT2D eigenvalue weighted by atomic mass is 32.2. The lowest BCUT2D eigenvalue weighted by molar-refractivity contribution is -0.151. The number of fused-ring (bicyclic) bond motifs is 2. The van der Waals surface area contributed by atoms with E-state index >= 15 is 0 Å². The number of nitrogens with one attached hydrogen (secondary N) is 3. The van der Waals surface area contributed by atoms with Gasteiger partial charge in [-0.1, -0.05) is 86.9 Å². The fraction of sp³-hybridized carbons (Fsp3) is 0.429. The Morgan fingerprint density at radius 1 is 1.04 bits per heavy atom. The van der Waals surface area contributed by atoms with E-state index in [0.717, 1.165) is 37.3 Å². The quantitative estimate of drug-likeness (QED) is 0.123. The lowest BCUT2D eigenvalue weighted by atomic mass is 10.1. The molecule has 12 heteroatoms. The number of halogens is 1. The van der Waals surface area contributed by atoms with Crippen LogP contribution >= 0.6 is 11.8 Å². The Labute approximate surface area is 279 Å². The Balaban J connectivity index is 1.79. The van der Waals surface area contributed by atoms with Crippen LogP contribution in [0.15, 0.2) is 66.4 Å². The van der Waals surface area contributed by atoms with Crippen molar-refractivity contribution in [3.8, 4) is 0 Å². The molecule has 1 aromatic carbocycles. The van der Waals surface area contributed by atoms with E-state index in [1.807, 2.05) is 6.07 Å². The number of esters is 1. The van der Waals surface area contributed by atoms with Crippen LogP contribution in [0.1, 0.15) is 87.0 Å². The van der Waals surface area contributed by atoms with Crippen LogP contribution in [-0.2, 0) is 36.9 Å². The summed E-state index contributed by atoms with van der Waals surface area (Å²) >= 11 is 1.26. The molecule has 0 fully saturated rings. The molecular weight excluding hydrogens is 623 g/mol. The van der Waals surface area contributed by atoms with E-state index in [1.165, 1.54) is 37.2 Å². The van der Waals surface area contributed by atoms with Crippen molar-refractivity contribution in [2.45, 2.75) is 90.3 Å². The predicted molar refractivity (Wildman–Crippen MR) is 178 cm³/mol. The van der Waals surface area contributed by atoms with E-state index in [2.05, 4.69) is 27.9 Å². The normalized spacial score (nSPS) is 18.8. The van der Waals surface area contributed by atoms with Crippen molar-refractivity contribution < 1.29 is 33.1 Å². The molecule has 0 saturated heterocycles. The zero-order valence-electron chi connectivity index (χ0n) is 26.9. The van der Waals surface area contributed by atoms with E-state index in [9.17, 15) is 28.4 Å². The Kier molecular flexibility index (Phi) is 15.8. The van der Waals surface area contributed by atoms with E-state index in [1.54, 1.807) is 36.4 Å². The number of hydrogen-bond donors (Lipinski definition) is 3. The molecule has 2 aromatic rings. The fourth-order valence-corrected chi connectivity index (χ4v) is 5.49. The average Bonchev–Trinajstić information content (AvgIpc) is 3.06. The van der Waals surface area contributed by atoms with Crippen molar-refractivity contribution >= 4 is 40.6 Å². The zero-order valence-corrected chi connectivity index (χ0v) is 27.7. The molecule has 0 unspecified atom stereocenters. The minimum Gasteiger partial charge on any atom is -0.456 e. The van der Waals surface area contributed by atoms with Crippen LogP contribution in [0.2, 0.25) is 0 Å². The number of ether oxygens (including phenoxy) is 1. The Bertz CT molecular complexity index is 1450. The Hall–Kier alpha value is -4.32. The van der Waals surface area contributed by atoms with Crippen molar-refractivity contribution in [2.24, 2.45) is 0 Å². The summed E-state index contributed by atoms with van der Waals surface area (Å²) in [4.78, 5) is 68.9. The molecule has 3 amide bonds. The van der Waals surface area contributed by atoms with Crippen LogP contribution in [0.5, 0.6) is 0 Å². The van der Waals surface area contributed by atoms with Gasteiger partial charge in [0.05, 0.1) is 18.7 Å². The largest absolute Gasteiger partial charge is 0.456 e. The number of rotatable bonds is 12. The molecule has 0 aliphatic carbocycles. The Morgan fingerprint density at radius 3 is 2.55 bits per heavy atom. The number of benzene rings is 1. The number of aromatic nitrogens is 1. The fourth-order valence-electron chi connectivity index (χ4n) is 4.72. The van der Waals surface area contributed by atoms with Gasteiger partial charge in [0.15, 0.2) is 16.6 Å². The number of unbranched alkanes of at least 4 members (excludes halogenated alkanes) is 4. The first kappa shape index (κ1) is 37.1. The highest BCUT2D eigenvalue weighted by Gasteiger charge is 2.28. The van der Waals surface area contributed by atoms with Gasteiger partial charge in [0.1, 0.15) is 17.8 Å². The molecule has 10 nitrogen and oxygen atoms in total. The van der Waals surface area contributed by atoms with E-state index in [-0.39, 0.29) is 35.9 Å². The number of carbonyl (C=O) groups is 5. The van der Waals surface area contributed by atoms with Crippen molar-refractivity contribution in [2.75, 3.05) is 5.75 Å². The molecule has 252 valence electrons. The van der Waals surface area contributed by atoms with Gasteiger partial charge in [0.2, 0.25) is 5.91 Å². The van der Waals surface area contributed by atoms with Crippen molar-refractivity contribution in [3.05, 3.63) is 89.2 Å². The number of thioether (sulfide) groups is 1. The van der Waals surface area contributed by atoms with Gasteiger partial charge in [-0.15, -0.1) is 0 Å². The summed E-state index contributed by atoms with van der Waals surface area (Å²) in [6.07, 6.45) is 9.96. The first-order chi connectivity index (χ1) is 22.7. The summed E-state index contributed by atoms with van der Waals surface area (Å²) in [6, 6.07) is 10.2. The lowest BCUT2D eigenvalue weighted by Crippen LogP contribution is -2.47. The number of pyridine rings is 1. The van der Waals surface area contributed by atoms with Crippen LogP contribution in [-0.4, -0.2) is 51.7 Å². The van der Waals surface area contributed by atoms with Crippen molar-refractivity contribution in [3.63, 3.8) is 0 Å². The third-order valence-corrected chi connectivity index (χ3v) is 8.24. The first-order valence-electron chi connectivity index (χ1n) is 16.0. The third-order valence-electron chi connectivity index (χ3n) is 7.28. The zero-order chi connectivity index (χ0) is 34.0. The van der Waals surface area contributed by atoms with Gasteiger partial charge in [-0.25, -0.2) is 14.2 Å². The first-order valence-corrected chi connectivity index (χ1v) is 17.0. The molecule has 1 aromatic heterocycles. The maximum atomic E-state index is 14.6. The summed E-state index contributed by atoms with van der Waals surface area (Å²) in [7, 11) is 0. The molecule has 0 spiro atoms. The SMILES string of the molecule is C/C=C1\NC(=O)c2nc(ccc2F)CNC(=O)C[C@@H](/C=C/CCSC(=O)CCCCCCC)OC(=O)[C@H](Cc2ccccc2)NC1=O. The number of carbonyl (C=O) groups excluding carboxylic acids is 5. The van der Waals surface area contributed by atoms with Crippen LogP contribution in [0.4, 0.5) is 4.39 Å². The van der Waals surface area contributed by atoms with Gasteiger partial charge >= 0.3 is 5.97 Å². The molecule has 1 aliphatic rings. The molecule has 0 saturated carbocycles. The molecular formula is C35H43FN4O6S. The smallest absolute Gasteiger partial charge is 0.329 e. The highest BCUT2D eigenvalue weighted by molar-refractivity contribution is 8.13. The van der Waals surface area contributed by atoms with Gasteiger partial charge < -0.3 is 20.7 Å². The van der Waals surface area contributed by atoms with Crippen LogP contribution in [0.3, 0.4) is 0 Å². The van der Waals surface area contributed by atoms with Gasteiger partial charge in [-0.2, -0.15) is 0 Å². The van der Waals surface area contributed by atoms with E-state index in [0.29, 0.717) is 18.6 Å². The Morgan fingerprint density at radius 2 is 1.81 bits per heavy atom. The summed E-state index contributed by atoms with van der Waals surface area (Å²) in [5.41, 5.74) is 0.181. The van der Waals surface area contributed by atoms with Gasteiger partial charge in [-0.05, 0) is 43.5 Å². The molecule has 3 rings (SSSR count). The predicted octanol–water partition coefficient (Wildman–Crippen LogP) is 5.08. The van der Waals surface area contributed by atoms with Gasteiger partial charge in [0.25, 0.3) is 11.8 Å². The maximum Gasteiger partial charge on any atom is 0.329 e. The number of hydrogen-bond acceptors (Lipinski definition) is 8. The second-order valence-corrected chi connectivity index (χ2v) is 12.2. The standard InChI is InChI=1S/C35H43FN4O6S/c1-3-5-6-7-11-17-31(42)47-20-13-12-16-26-22-30(41)37-23-25-18-19-27(36)32(38-25)34(44)39-28(4-2)33(43)40-29(35(45)46-26)21-24-14-9-8-10-15-24/h4,8-10,12,14-16,18-19,26,29H,3,5-7,11,13,17,20-23H2,1-2H3,(H,37,41)(H,39,44)(H,40,43)/b16-12+,28-4-/t26-,29+/m1/s1. The van der Waals surface area contributed by atoms with Crippen LogP contribution < -0.4 is 16.0 Å². The second kappa shape index (κ2) is 20.0. The monoisotopic (exact) mass is 666 g/mol.